The molecule has 0 fully saturated rings. The monoisotopic (exact) mass is 341 g/mol. The number of hydrogen-bond donors (Lipinski definition) is 2. The van der Waals surface area contributed by atoms with Crippen LogP contribution in [0.4, 0.5) is 0 Å². The van der Waals surface area contributed by atoms with Crippen LogP contribution in [0.15, 0.2) is 30.3 Å². The average Bonchev–Trinajstić information content (AvgIpc) is 2.93. The van der Waals surface area contributed by atoms with Crippen LogP contribution in [0, 0.1) is 6.92 Å². The average molecular weight is 341 g/mol. The Morgan fingerprint density at radius 2 is 2.16 bits per heavy atom. The molecule has 0 unspecified atom stereocenters. The second-order valence-electron chi connectivity index (χ2n) is 6.68. The summed E-state index contributed by atoms with van der Waals surface area (Å²) < 4.78 is 1.60. The van der Waals surface area contributed by atoms with Crippen LogP contribution in [0.1, 0.15) is 52.5 Å². The van der Waals surface area contributed by atoms with Gasteiger partial charge in [-0.05, 0) is 55.7 Å². The lowest BCUT2D eigenvalue weighted by Gasteiger charge is -2.27. The Morgan fingerprint density at radius 3 is 2.84 bits per heavy atom. The van der Waals surface area contributed by atoms with Gasteiger partial charge in [-0.25, -0.2) is 4.79 Å². The van der Waals surface area contributed by atoms with Crippen LogP contribution in [0.2, 0.25) is 0 Å². The summed E-state index contributed by atoms with van der Waals surface area (Å²) in [5, 5.41) is 16.3. The van der Waals surface area contributed by atoms with Gasteiger partial charge >= 0.3 is 5.97 Å². The van der Waals surface area contributed by atoms with Crippen LogP contribution in [0.3, 0.4) is 0 Å². The van der Waals surface area contributed by atoms with Crippen molar-refractivity contribution in [3.8, 4) is 0 Å². The molecule has 1 heterocycles. The first-order valence-corrected chi connectivity index (χ1v) is 8.58. The number of carboxylic acids is 1. The van der Waals surface area contributed by atoms with Gasteiger partial charge in [0.25, 0.3) is 5.91 Å². The molecule has 3 rings (SSSR count). The van der Waals surface area contributed by atoms with Crippen molar-refractivity contribution in [1.29, 1.82) is 0 Å². The highest BCUT2D eigenvalue weighted by Crippen LogP contribution is 2.34. The minimum absolute atomic E-state index is 0.150. The molecule has 0 spiro atoms. The summed E-state index contributed by atoms with van der Waals surface area (Å²) in [7, 11) is 1.75. The quantitative estimate of drug-likeness (QED) is 0.875. The second kappa shape index (κ2) is 7.09. The predicted octanol–water partition coefficient (Wildman–Crippen LogP) is 2.42. The van der Waals surface area contributed by atoms with Crippen molar-refractivity contribution < 1.29 is 14.7 Å². The van der Waals surface area contributed by atoms with E-state index < -0.39 is 17.9 Å². The summed E-state index contributed by atoms with van der Waals surface area (Å²) in [4.78, 5) is 24.0. The molecule has 1 aromatic carbocycles. The minimum atomic E-state index is -1.01. The van der Waals surface area contributed by atoms with Crippen molar-refractivity contribution >= 4 is 11.9 Å². The number of aliphatic carboxylic acids is 1. The Morgan fingerprint density at radius 1 is 1.40 bits per heavy atom. The number of nitrogens with zero attached hydrogens (tertiary/aromatic N) is 2. The summed E-state index contributed by atoms with van der Waals surface area (Å²) in [6.07, 6.45) is 3.41. The summed E-state index contributed by atoms with van der Waals surface area (Å²) in [6.45, 7) is 1.84. The third-order valence-electron chi connectivity index (χ3n) is 4.96. The SMILES string of the molecule is Cc1cc(C(=O)N[C@H](C[C@@H]2CCCc3ccccc32)C(=O)O)nn1C. The molecule has 1 amide bonds. The maximum atomic E-state index is 12.4. The summed E-state index contributed by atoms with van der Waals surface area (Å²) in [5.74, 6) is -1.30. The van der Waals surface area contributed by atoms with Crippen LogP contribution in [0.25, 0.3) is 0 Å². The fraction of sp³-hybridized carbons (Fsp3) is 0.421. The summed E-state index contributed by atoms with van der Waals surface area (Å²) >= 11 is 0. The first-order chi connectivity index (χ1) is 12.0. The third-order valence-corrected chi connectivity index (χ3v) is 4.96. The van der Waals surface area contributed by atoms with Gasteiger partial charge < -0.3 is 10.4 Å². The van der Waals surface area contributed by atoms with E-state index in [1.807, 2.05) is 19.1 Å². The van der Waals surface area contributed by atoms with E-state index in [4.69, 9.17) is 0 Å². The van der Waals surface area contributed by atoms with Crippen molar-refractivity contribution in [2.45, 2.75) is 44.6 Å². The number of aromatic nitrogens is 2. The molecule has 0 bridgehead atoms. The Hall–Kier alpha value is -2.63. The van der Waals surface area contributed by atoms with Crippen molar-refractivity contribution in [3.05, 3.63) is 52.8 Å². The van der Waals surface area contributed by atoms with Gasteiger partial charge in [-0.2, -0.15) is 5.10 Å². The third kappa shape index (κ3) is 3.73. The number of nitrogens with one attached hydrogen (secondary N) is 1. The Balaban J connectivity index is 1.74. The van der Waals surface area contributed by atoms with Gasteiger partial charge in [0.1, 0.15) is 11.7 Å². The fourth-order valence-corrected chi connectivity index (χ4v) is 3.51. The van der Waals surface area contributed by atoms with E-state index in [1.165, 1.54) is 11.1 Å². The zero-order chi connectivity index (χ0) is 18.0. The van der Waals surface area contributed by atoms with E-state index in [0.717, 1.165) is 25.0 Å². The molecule has 6 nitrogen and oxygen atoms in total. The molecule has 2 N–H and O–H groups in total. The van der Waals surface area contributed by atoms with E-state index in [9.17, 15) is 14.7 Å². The highest BCUT2D eigenvalue weighted by atomic mass is 16.4. The fourth-order valence-electron chi connectivity index (χ4n) is 3.51. The van der Waals surface area contributed by atoms with Gasteiger partial charge in [0, 0.05) is 12.7 Å². The Bertz CT molecular complexity index is 777. The first-order valence-electron chi connectivity index (χ1n) is 8.58. The van der Waals surface area contributed by atoms with Crippen LogP contribution >= 0.6 is 0 Å². The number of carboxylic acid groups (broad SMARTS) is 1. The predicted molar refractivity (Wildman–Crippen MR) is 93.6 cm³/mol. The molecule has 1 aromatic heterocycles. The van der Waals surface area contributed by atoms with Crippen molar-refractivity contribution in [3.63, 3.8) is 0 Å². The van der Waals surface area contributed by atoms with Crippen LogP contribution < -0.4 is 5.32 Å². The molecule has 0 saturated heterocycles. The van der Waals surface area contributed by atoms with Gasteiger partial charge in [-0.15, -0.1) is 0 Å². The minimum Gasteiger partial charge on any atom is -0.480 e. The molecule has 0 aliphatic heterocycles. The smallest absolute Gasteiger partial charge is 0.326 e. The van der Waals surface area contributed by atoms with Crippen molar-refractivity contribution in [1.82, 2.24) is 15.1 Å². The lowest BCUT2D eigenvalue weighted by atomic mass is 9.79. The highest BCUT2D eigenvalue weighted by Gasteiger charge is 2.28. The zero-order valence-corrected chi connectivity index (χ0v) is 14.5. The number of carbonyl (C=O) groups excluding carboxylic acids is 1. The number of hydrogen-bond acceptors (Lipinski definition) is 3. The molecule has 0 saturated carbocycles. The van der Waals surface area contributed by atoms with Crippen LogP contribution in [0.5, 0.6) is 0 Å². The molecular weight excluding hydrogens is 318 g/mol. The zero-order valence-electron chi connectivity index (χ0n) is 14.5. The molecule has 132 valence electrons. The molecular formula is C19H23N3O3. The summed E-state index contributed by atoms with van der Waals surface area (Å²) in [6, 6.07) is 8.91. The lowest BCUT2D eigenvalue weighted by Crippen LogP contribution is -2.42. The molecule has 1 aliphatic rings. The van der Waals surface area contributed by atoms with Gasteiger partial charge in [-0.3, -0.25) is 9.48 Å². The van der Waals surface area contributed by atoms with Gasteiger partial charge in [-0.1, -0.05) is 24.3 Å². The largest absolute Gasteiger partial charge is 0.480 e. The van der Waals surface area contributed by atoms with Gasteiger partial charge in [0.2, 0.25) is 0 Å². The number of amides is 1. The Labute approximate surface area is 146 Å². The highest BCUT2D eigenvalue weighted by molar-refractivity contribution is 5.95. The maximum absolute atomic E-state index is 12.4. The number of carbonyl (C=O) groups is 2. The van der Waals surface area contributed by atoms with Crippen LogP contribution in [-0.4, -0.2) is 32.8 Å². The topological polar surface area (TPSA) is 84.2 Å². The van der Waals surface area contributed by atoms with E-state index >= 15 is 0 Å². The Kier molecular flexibility index (Phi) is 4.88. The molecule has 2 atom stereocenters. The van der Waals surface area contributed by atoms with Gasteiger partial charge in [0.05, 0.1) is 0 Å². The van der Waals surface area contributed by atoms with Gasteiger partial charge in [0.15, 0.2) is 0 Å². The molecule has 25 heavy (non-hydrogen) atoms. The molecule has 1 aliphatic carbocycles. The number of aryl methyl sites for hydroxylation is 3. The van der Waals surface area contributed by atoms with E-state index in [-0.39, 0.29) is 11.6 Å². The van der Waals surface area contributed by atoms with Crippen LogP contribution in [-0.2, 0) is 18.3 Å². The maximum Gasteiger partial charge on any atom is 0.326 e. The number of rotatable bonds is 5. The second-order valence-corrected chi connectivity index (χ2v) is 6.68. The van der Waals surface area contributed by atoms with Crippen molar-refractivity contribution in [2.75, 3.05) is 0 Å². The van der Waals surface area contributed by atoms with E-state index in [0.29, 0.717) is 6.42 Å². The molecule has 6 heteroatoms. The first kappa shape index (κ1) is 17.2. The molecule has 0 radical (unpaired) electrons. The lowest BCUT2D eigenvalue weighted by molar-refractivity contribution is -0.139. The van der Waals surface area contributed by atoms with E-state index in [2.05, 4.69) is 22.5 Å². The summed E-state index contributed by atoms with van der Waals surface area (Å²) in [5.41, 5.74) is 3.59. The van der Waals surface area contributed by atoms with E-state index in [1.54, 1.807) is 17.8 Å². The number of benzene rings is 1. The van der Waals surface area contributed by atoms with Crippen molar-refractivity contribution in [2.24, 2.45) is 7.05 Å². The normalized spacial score (nSPS) is 17.6. The molecule has 2 aromatic rings. The number of fused-ring (bicyclic) bond motifs is 1. The standard InChI is InChI=1S/C19H23N3O3/c1-12-10-16(21-22(12)2)18(23)20-17(19(24)25)11-14-8-5-7-13-6-3-4-9-15(13)14/h3-4,6,9-10,14,17H,5,7-8,11H2,1-2H3,(H,20,23)(H,24,25)/t14-,17+/m0/s1.